The van der Waals surface area contributed by atoms with E-state index in [1.165, 1.54) is 0 Å². The highest BCUT2D eigenvalue weighted by molar-refractivity contribution is 5.77. The molecule has 1 N–H and O–H groups in total. The van der Waals surface area contributed by atoms with E-state index < -0.39 is 0 Å². The van der Waals surface area contributed by atoms with Crippen LogP contribution in [-0.4, -0.2) is 9.97 Å². The first-order chi connectivity index (χ1) is 6.31. The zero-order valence-electron chi connectivity index (χ0n) is 7.37. The molecule has 0 atom stereocenters. The standard InChI is InChI=1S/C10H10N2O/c1-2-8-4-3-7-5-6-11-10(13)9(7)12-8/h3-6H,2H2,1H3,(H,11,13). The Balaban J connectivity index is 2.82. The Labute approximate surface area is 75.4 Å². The SMILES string of the molecule is CCc1ccc2cc[nH]c(=O)c2n1. The van der Waals surface area contributed by atoms with Crippen LogP contribution in [-0.2, 0) is 6.42 Å². The van der Waals surface area contributed by atoms with Crippen LogP contribution in [0.2, 0.25) is 0 Å². The van der Waals surface area contributed by atoms with Crippen LogP contribution in [0.25, 0.3) is 10.9 Å². The molecule has 0 fully saturated rings. The van der Waals surface area contributed by atoms with E-state index in [1.54, 1.807) is 6.20 Å². The van der Waals surface area contributed by atoms with Gasteiger partial charge in [-0.25, -0.2) is 4.98 Å². The molecular weight excluding hydrogens is 164 g/mol. The molecule has 3 nitrogen and oxygen atoms in total. The number of aromatic nitrogens is 2. The highest BCUT2D eigenvalue weighted by Gasteiger charge is 1.99. The Kier molecular flexibility index (Phi) is 1.85. The zero-order valence-corrected chi connectivity index (χ0v) is 7.37. The van der Waals surface area contributed by atoms with Crippen molar-refractivity contribution in [3.8, 4) is 0 Å². The summed E-state index contributed by atoms with van der Waals surface area (Å²) in [5.41, 5.74) is 1.36. The second-order valence-corrected chi connectivity index (χ2v) is 2.90. The Hall–Kier alpha value is -1.64. The average Bonchev–Trinajstić information content (AvgIpc) is 2.18. The van der Waals surface area contributed by atoms with Crippen molar-refractivity contribution in [1.29, 1.82) is 0 Å². The maximum absolute atomic E-state index is 11.3. The van der Waals surface area contributed by atoms with Gasteiger partial charge in [-0.15, -0.1) is 0 Å². The van der Waals surface area contributed by atoms with Crippen LogP contribution in [0.4, 0.5) is 0 Å². The largest absolute Gasteiger partial charge is 0.327 e. The third kappa shape index (κ3) is 1.33. The fourth-order valence-corrected chi connectivity index (χ4v) is 1.30. The van der Waals surface area contributed by atoms with Crippen molar-refractivity contribution in [3.63, 3.8) is 0 Å². The number of hydrogen-bond donors (Lipinski definition) is 1. The van der Waals surface area contributed by atoms with Crippen LogP contribution in [0.1, 0.15) is 12.6 Å². The number of rotatable bonds is 1. The van der Waals surface area contributed by atoms with E-state index in [-0.39, 0.29) is 5.56 Å². The monoisotopic (exact) mass is 174 g/mol. The number of H-pyrrole nitrogens is 1. The summed E-state index contributed by atoms with van der Waals surface area (Å²) in [4.78, 5) is 18.2. The van der Waals surface area contributed by atoms with Crippen molar-refractivity contribution in [2.24, 2.45) is 0 Å². The molecule has 0 aliphatic carbocycles. The van der Waals surface area contributed by atoms with Gasteiger partial charge < -0.3 is 4.98 Å². The number of nitrogens with zero attached hydrogens (tertiary/aromatic N) is 1. The Morgan fingerprint density at radius 2 is 2.23 bits per heavy atom. The maximum Gasteiger partial charge on any atom is 0.274 e. The highest BCUT2D eigenvalue weighted by Crippen LogP contribution is 2.07. The van der Waals surface area contributed by atoms with E-state index in [2.05, 4.69) is 9.97 Å². The highest BCUT2D eigenvalue weighted by atomic mass is 16.1. The van der Waals surface area contributed by atoms with E-state index in [0.717, 1.165) is 17.5 Å². The number of fused-ring (bicyclic) bond motifs is 1. The number of aryl methyl sites for hydroxylation is 1. The summed E-state index contributed by atoms with van der Waals surface area (Å²) in [5, 5.41) is 0.890. The summed E-state index contributed by atoms with van der Waals surface area (Å²) in [5.74, 6) is 0. The van der Waals surface area contributed by atoms with Crippen LogP contribution in [0.3, 0.4) is 0 Å². The lowest BCUT2D eigenvalue weighted by molar-refractivity contribution is 1.05. The lowest BCUT2D eigenvalue weighted by atomic mass is 10.2. The lowest BCUT2D eigenvalue weighted by Gasteiger charge is -1.98. The molecule has 3 heteroatoms. The molecular formula is C10H10N2O. The van der Waals surface area contributed by atoms with Gasteiger partial charge >= 0.3 is 0 Å². The summed E-state index contributed by atoms with van der Waals surface area (Å²) < 4.78 is 0. The van der Waals surface area contributed by atoms with Gasteiger partial charge in [-0.2, -0.15) is 0 Å². The van der Waals surface area contributed by atoms with Crippen molar-refractivity contribution in [3.05, 3.63) is 40.4 Å². The first-order valence-corrected chi connectivity index (χ1v) is 4.28. The summed E-state index contributed by atoms with van der Waals surface area (Å²) in [6, 6.07) is 5.72. The molecule has 2 aromatic heterocycles. The van der Waals surface area contributed by atoms with Crippen molar-refractivity contribution < 1.29 is 0 Å². The first-order valence-electron chi connectivity index (χ1n) is 4.28. The summed E-state index contributed by atoms with van der Waals surface area (Å²) in [6.07, 6.45) is 2.49. The minimum Gasteiger partial charge on any atom is -0.327 e. The zero-order chi connectivity index (χ0) is 9.26. The molecule has 66 valence electrons. The second kappa shape index (κ2) is 3.01. The minimum atomic E-state index is -0.118. The summed E-state index contributed by atoms with van der Waals surface area (Å²) in [7, 11) is 0. The van der Waals surface area contributed by atoms with Gasteiger partial charge in [-0.1, -0.05) is 13.0 Å². The Morgan fingerprint density at radius 3 is 3.00 bits per heavy atom. The average molecular weight is 174 g/mol. The van der Waals surface area contributed by atoms with Crippen molar-refractivity contribution in [1.82, 2.24) is 9.97 Å². The van der Waals surface area contributed by atoms with Gasteiger partial charge in [0, 0.05) is 17.3 Å². The lowest BCUT2D eigenvalue weighted by Crippen LogP contribution is -2.07. The topological polar surface area (TPSA) is 45.8 Å². The first kappa shape index (κ1) is 7.98. The normalized spacial score (nSPS) is 10.5. The second-order valence-electron chi connectivity index (χ2n) is 2.90. The Bertz CT molecular complexity index is 487. The smallest absolute Gasteiger partial charge is 0.274 e. The molecule has 13 heavy (non-hydrogen) atoms. The fraction of sp³-hybridized carbons (Fsp3) is 0.200. The van der Waals surface area contributed by atoms with Gasteiger partial charge in [0.15, 0.2) is 0 Å². The van der Waals surface area contributed by atoms with Crippen molar-refractivity contribution in [2.75, 3.05) is 0 Å². The molecule has 0 saturated carbocycles. The number of hydrogen-bond acceptors (Lipinski definition) is 2. The molecule has 0 unspecified atom stereocenters. The van der Waals surface area contributed by atoms with Gasteiger partial charge in [0.05, 0.1) is 0 Å². The van der Waals surface area contributed by atoms with Crippen molar-refractivity contribution >= 4 is 10.9 Å². The summed E-state index contributed by atoms with van der Waals surface area (Å²) in [6.45, 7) is 2.02. The molecule has 2 aromatic rings. The van der Waals surface area contributed by atoms with Gasteiger partial charge in [0.1, 0.15) is 5.52 Å². The van der Waals surface area contributed by atoms with Gasteiger partial charge in [-0.3, -0.25) is 4.79 Å². The van der Waals surface area contributed by atoms with Gasteiger partial charge in [0.25, 0.3) is 5.56 Å². The van der Waals surface area contributed by atoms with E-state index in [0.29, 0.717) is 5.52 Å². The van der Waals surface area contributed by atoms with E-state index >= 15 is 0 Å². The quantitative estimate of drug-likeness (QED) is 0.711. The molecule has 0 amide bonds. The molecule has 0 spiro atoms. The van der Waals surface area contributed by atoms with Crippen LogP contribution in [0, 0.1) is 0 Å². The molecule has 2 rings (SSSR count). The van der Waals surface area contributed by atoms with E-state index in [9.17, 15) is 4.79 Å². The number of aromatic amines is 1. The third-order valence-electron chi connectivity index (χ3n) is 2.04. The molecule has 0 bridgehead atoms. The Morgan fingerprint density at radius 1 is 1.38 bits per heavy atom. The van der Waals surface area contributed by atoms with Crippen LogP contribution in [0.15, 0.2) is 29.2 Å². The molecule has 0 aromatic carbocycles. The van der Waals surface area contributed by atoms with E-state index in [1.807, 2.05) is 25.1 Å². The van der Waals surface area contributed by atoms with Gasteiger partial charge in [-0.05, 0) is 18.6 Å². The van der Waals surface area contributed by atoms with Crippen LogP contribution >= 0.6 is 0 Å². The maximum atomic E-state index is 11.3. The van der Waals surface area contributed by atoms with Crippen LogP contribution in [0.5, 0.6) is 0 Å². The minimum absolute atomic E-state index is 0.118. The predicted octanol–water partition coefficient (Wildman–Crippen LogP) is 1.49. The number of pyridine rings is 2. The number of nitrogens with one attached hydrogen (secondary N) is 1. The van der Waals surface area contributed by atoms with E-state index in [4.69, 9.17) is 0 Å². The summed E-state index contributed by atoms with van der Waals surface area (Å²) >= 11 is 0. The molecule has 0 saturated heterocycles. The molecule has 0 radical (unpaired) electrons. The molecule has 2 heterocycles. The molecule has 0 aliphatic heterocycles. The fourth-order valence-electron chi connectivity index (χ4n) is 1.30. The predicted molar refractivity (Wildman–Crippen MR) is 51.7 cm³/mol. The van der Waals surface area contributed by atoms with Crippen molar-refractivity contribution in [2.45, 2.75) is 13.3 Å². The van der Waals surface area contributed by atoms with Crippen LogP contribution < -0.4 is 5.56 Å². The third-order valence-corrected chi connectivity index (χ3v) is 2.04. The molecule has 0 aliphatic rings. The van der Waals surface area contributed by atoms with Gasteiger partial charge in [0.2, 0.25) is 0 Å².